The second kappa shape index (κ2) is 5.24. The Morgan fingerprint density at radius 3 is 1.40 bits per heavy atom. The van der Waals surface area contributed by atoms with E-state index < -0.39 is 42.6 Å². The molecule has 0 fully saturated rings. The van der Waals surface area contributed by atoms with Gasteiger partial charge in [-0.05, 0) is 6.42 Å². The van der Waals surface area contributed by atoms with Gasteiger partial charge in [0.15, 0.2) is 0 Å². The van der Waals surface area contributed by atoms with E-state index in [1.807, 2.05) is 0 Å². The molecule has 0 atom stereocenters. The maximum atomic E-state index is 13.0. The Morgan fingerprint density at radius 2 is 1.10 bits per heavy atom. The van der Waals surface area contributed by atoms with Gasteiger partial charge in [0.25, 0.3) is 0 Å². The van der Waals surface area contributed by atoms with Crippen molar-refractivity contribution in [1.82, 2.24) is 0 Å². The fraction of sp³-hybridized carbons (Fsp3) is 1.00. The van der Waals surface area contributed by atoms with Gasteiger partial charge in [0.1, 0.15) is 0 Å². The van der Waals surface area contributed by atoms with Crippen LogP contribution in [0.2, 0.25) is 0 Å². The van der Waals surface area contributed by atoms with Crippen LogP contribution in [0.1, 0.15) is 26.2 Å². The first-order valence-corrected chi connectivity index (χ1v) is 5.21. The molecule has 122 valence electrons. The van der Waals surface area contributed by atoms with E-state index in [0.717, 1.165) is 0 Å². The van der Waals surface area contributed by atoms with E-state index in [9.17, 15) is 39.5 Å². The summed E-state index contributed by atoms with van der Waals surface area (Å²) in [5.41, 5.74) is 0. The Labute approximate surface area is 107 Å². The van der Waals surface area contributed by atoms with Crippen molar-refractivity contribution in [3.8, 4) is 0 Å². The third kappa shape index (κ3) is 2.83. The van der Waals surface area contributed by atoms with Crippen molar-refractivity contribution in [1.29, 1.82) is 0 Å². The summed E-state index contributed by atoms with van der Waals surface area (Å²) in [6.45, 7) is 1.25. The second-order valence-corrected chi connectivity index (χ2v) is 4.12. The van der Waals surface area contributed by atoms with Gasteiger partial charge in [-0.1, -0.05) is 13.3 Å². The summed E-state index contributed by atoms with van der Waals surface area (Å²) >= 11 is 0. The number of halogens is 9. The zero-order valence-electron chi connectivity index (χ0n) is 9.92. The van der Waals surface area contributed by atoms with Crippen LogP contribution in [0, 0.1) is 0 Å². The van der Waals surface area contributed by atoms with Crippen LogP contribution in [0.4, 0.5) is 39.5 Å². The van der Waals surface area contributed by atoms with E-state index in [1.54, 1.807) is 0 Å². The lowest BCUT2D eigenvalue weighted by atomic mass is 9.94. The second-order valence-electron chi connectivity index (χ2n) is 4.12. The topological polar surface area (TPSA) is 40.5 Å². The standard InChI is InChI=1S/C9H11F9O2/c1-2-3-4-5(10,11)6(12,13)7(14,15)8(16,17)9(18,19)20/h19-20H,2-4H2,1H3. The largest absolute Gasteiger partial charge is 0.400 e. The Morgan fingerprint density at radius 1 is 0.700 bits per heavy atom. The molecule has 2 nitrogen and oxygen atoms in total. The van der Waals surface area contributed by atoms with Crippen molar-refractivity contribution >= 4 is 0 Å². The Bertz CT molecular complexity index is 335. The third-order valence-electron chi connectivity index (χ3n) is 2.49. The first-order chi connectivity index (χ1) is 8.56. The lowest BCUT2D eigenvalue weighted by Crippen LogP contribution is -2.68. The molecule has 0 aliphatic carbocycles. The van der Waals surface area contributed by atoms with Gasteiger partial charge in [-0.15, -0.1) is 0 Å². The molecule has 0 aromatic carbocycles. The normalized spacial score (nSPS) is 15.6. The molecule has 0 saturated carbocycles. The summed E-state index contributed by atoms with van der Waals surface area (Å²) in [6, 6.07) is -6.10. The van der Waals surface area contributed by atoms with Gasteiger partial charge in [-0.25, -0.2) is 0 Å². The summed E-state index contributed by atoms with van der Waals surface area (Å²) in [5.74, 6) is -26.2. The highest BCUT2D eigenvalue weighted by atomic mass is 19.4. The summed E-state index contributed by atoms with van der Waals surface area (Å²) in [5, 5.41) is 15.5. The van der Waals surface area contributed by atoms with E-state index in [0.29, 0.717) is 0 Å². The number of rotatable bonds is 7. The van der Waals surface area contributed by atoms with Gasteiger partial charge >= 0.3 is 29.7 Å². The highest BCUT2D eigenvalue weighted by molar-refractivity contribution is 5.05. The summed E-state index contributed by atoms with van der Waals surface area (Å²) in [6.07, 6.45) is -2.68. The molecule has 20 heavy (non-hydrogen) atoms. The molecule has 0 aromatic heterocycles. The van der Waals surface area contributed by atoms with E-state index in [2.05, 4.69) is 0 Å². The maximum absolute atomic E-state index is 13.0. The molecule has 0 heterocycles. The van der Waals surface area contributed by atoms with Crippen LogP contribution >= 0.6 is 0 Å². The summed E-state index contributed by atoms with van der Waals surface area (Å²) in [4.78, 5) is 0. The molecule has 0 radical (unpaired) electrons. The van der Waals surface area contributed by atoms with Crippen LogP contribution in [-0.2, 0) is 0 Å². The molecule has 0 aromatic rings. The van der Waals surface area contributed by atoms with Crippen molar-refractivity contribution in [3.05, 3.63) is 0 Å². The lowest BCUT2D eigenvalue weighted by Gasteiger charge is -2.38. The van der Waals surface area contributed by atoms with Crippen molar-refractivity contribution in [3.63, 3.8) is 0 Å². The average molecular weight is 322 g/mol. The molecule has 0 rings (SSSR count). The predicted molar refractivity (Wildman–Crippen MR) is 47.6 cm³/mol. The first-order valence-electron chi connectivity index (χ1n) is 5.21. The van der Waals surface area contributed by atoms with Crippen molar-refractivity contribution in [2.24, 2.45) is 0 Å². The highest BCUT2D eigenvalue weighted by Gasteiger charge is 2.85. The van der Waals surface area contributed by atoms with Crippen molar-refractivity contribution < 1.29 is 49.7 Å². The smallest absolute Gasteiger partial charge is 0.335 e. The molecule has 0 aliphatic heterocycles. The Balaban J connectivity index is 5.68. The molecular formula is C9H11F9O2. The SMILES string of the molecule is CCCCC(F)(F)C(F)(F)C(F)(F)C(F)(F)C(O)(O)F. The highest BCUT2D eigenvalue weighted by Crippen LogP contribution is 2.56. The van der Waals surface area contributed by atoms with Crippen molar-refractivity contribution in [2.45, 2.75) is 55.9 Å². The fourth-order valence-electron chi connectivity index (χ4n) is 1.18. The van der Waals surface area contributed by atoms with Gasteiger partial charge in [-0.2, -0.15) is 39.5 Å². The molecule has 0 unspecified atom stereocenters. The number of aliphatic hydroxyl groups is 2. The Hall–Kier alpha value is -0.710. The first kappa shape index (κ1) is 19.3. The van der Waals surface area contributed by atoms with Gasteiger partial charge in [0.05, 0.1) is 0 Å². The minimum absolute atomic E-state index is 0.124. The monoisotopic (exact) mass is 322 g/mol. The van der Waals surface area contributed by atoms with Gasteiger partial charge in [-0.3, -0.25) is 0 Å². The summed E-state index contributed by atoms with van der Waals surface area (Å²) < 4.78 is 115. The number of hydrogen-bond donors (Lipinski definition) is 2. The average Bonchev–Trinajstić information content (AvgIpc) is 2.24. The third-order valence-corrected chi connectivity index (χ3v) is 2.49. The minimum atomic E-state index is -7.03. The molecule has 11 heteroatoms. The molecule has 0 spiro atoms. The van der Waals surface area contributed by atoms with Crippen LogP contribution in [0.5, 0.6) is 0 Å². The minimum Gasteiger partial charge on any atom is -0.335 e. The van der Waals surface area contributed by atoms with Crippen LogP contribution in [0.25, 0.3) is 0 Å². The number of unbranched alkanes of at least 4 members (excludes halogenated alkanes) is 1. The van der Waals surface area contributed by atoms with Crippen LogP contribution in [0.15, 0.2) is 0 Å². The van der Waals surface area contributed by atoms with E-state index in [-0.39, 0.29) is 6.42 Å². The molecule has 0 aliphatic rings. The van der Waals surface area contributed by atoms with Crippen molar-refractivity contribution in [2.75, 3.05) is 0 Å². The van der Waals surface area contributed by atoms with Gasteiger partial charge < -0.3 is 10.2 Å². The lowest BCUT2D eigenvalue weighted by molar-refractivity contribution is -0.456. The zero-order chi connectivity index (χ0) is 16.6. The fourth-order valence-corrected chi connectivity index (χ4v) is 1.18. The van der Waals surface area contributed by atoms with E-state index in [4.69, 9.17) is 10.2 Å². The Kier molecular flexibility index (Phi) is 5.06. The molecule has 0 bridgehead atoms. The maximum Gasteiger partial charge on any atom is 0.400 e. The van der Waals surface area contributed by atoms with Gasteiger partial charge in [0.2, 0.25) is 0 Å². The van der Waals surface area contributed by atoms with E-state index in [1.165, 1.54) is 6.92 Å². The molecule has 0 amide bonds. The predicted octanol–water partition coefficient (Wildman–Crippen LogP) is 3.33. The summed E-state index contributed by atoms with van der Waals surface area (Å²) in [7, 11) is 0. The number of hydrogen-bond acceptors (Lipinski definition) is 2. The zero-order valence-corrected chi connectivity index (χ0v) is 9.92. The quantitative estimate of drug-likeness (QED) is 0.558. The van der Waals surface area contributed by atoms with Gasteiger partial charge in [0, 0.05) is 6.42 Å². The molecular weight excluding hydrogens is 311 g/mol. The van der Waals surface area contributed by atoms with E-state index >= 15 is 0 Å². The van der Waals surface area contributed by atoms with Crippen LogP contribution in [-0.4, -0.2) is 39.9 Å². The molecule has 2 N–H and O–H groups in total. The van der Waals surface area contributed by atoms with Crippen LogP contribution < -0.4 is 0 Å². The molecule has 0 saturated heterocycles. The number of alkyl halides is 9. The van der Waals surface area contributed by atoms with Crippen LogP contribution in [0.3, 0.4) is 0 Å².